The third-order valence-corrected chi connectivity index (χ3v) is 5.07. The Balaban J connectivity index is 1.30. The number of benzene rings is 2. The van der Waals surface area contributed by atoms with E-state index in [1.54, 1.807) is 17.3 Å². The molecule has 144 valence electrons. The van der Waals surface area contributed by atoms with Crippen molar-refractivity contribution in [1.82, 2.24) is 24.8 Å². The van der Waals surface area contributed by atoms with Gasteiger partial charge in [-0.25, -0.2) is 9.97 Å². The van der Waals surface area contributed by atoms with Gasteiger partial charge in [-0.1, -0.05) is 29.8 Å². The number of likely N-dealkylation sites (tertiary alicyclic amines) is 1. The minimum Gasteiger partial charge on any atom is -0.437 e. The van der Waals surface area contributed by atoms with Gasteiger partial charge in [0.15, 0.2) is 5.82 Å². The zero-order chi connectivity index (χ0) is 19.8. The highest BCUT2D eigenvalue weighted by Crippen LogP contribution is 2.33. The van der Waals surface area contributed by atoms with Gasteiger partial charge in [-0.3, -0.25) is 9.78 Å². The minimum atomic E-state index is -0.109. The molecule has 1 fully saturated rings. The van der Waals surface area contributed by atoms with Crippen LogP contribution >= 0.6 is 0 Å². The molecule has 1 amide bonds. The number of ether oxygens (including phenoxy) is 1. The van der Waals surface area contributed by atoms with Crippen LogP contribution in [0.5, 0.6) is 11.6 Å². The molecule has 0 atom stereocenters. The first-order valence-electron chi connectivity index (χ1n) is 9.47. The Hall–Kier alpha value is -3.74. The molecule has 0 saturated carbocycles. The summed E-state index contributed by atoms with van der Waals surface area (Å²) in [5.74, 6) is 1.53. The minimum absolute atomic E-state index is 0.0810. The van der Waals surface area contributed by atoms with Crippen molar-refractivity contribution in [2.24, 2.45) is 0 Å². The highest BCUT2D eigenvalue weighted by molar-refractivity contribution is 5.94. The number of nitrogens with zero attached hydrogens (tertiary/aromatic N) is 4. The summed E-state index contributed by atoms with van der Waals surface area (Å²) < 4.78 is 5.95. The van der Waals surface area contributed by atoms with Crippen LogP contribution in [0, 0.1) is 6.92 Å². The molecule has 0 aliphatic carbocycles. The number of carbonyl (C=O) groups excluding carboxylic acids is 1. The first-order chi connectivity index (χ1) is 14.2. The maximum atomic E-state index is 12.7. The summed E-state index contributed by atoms with van der Waals surface area (Å²) in [7, 11) is 0. The maximum absolute atomic E-state index is 12.7. The van der Waals surface area contributed by atoms with Crippen LogP contribution in [0.1, 0.15) is 27.8 Å². The van der Waals surface area contributed by atoms with Crippen LogP contribution in [0.2, 0.25) is 0 Å². The number of aromatic amines is 1. The van der Waals surface area contributed by atoms with Gasteiger partial charge < -0.3 is 14.6 Å². The summed E-state index contributed by atoms with van der Waals surface area (Å²) in [5, 5.41) is 0. The van der Waals surface area contributed by atoms with Crippen molar-refractivity contribution in [2.75, 3.05) is 13.1 Å². The summed E-state index contributed by atoms with van der Waals surface area (Å²) in [6.07, 6.45) is 3.27. The Morgan fingerprint density at radius 1 is 1.07 bits per heavy atom. The zero-order valence-corrected chi connectivity index (χ0v) is 15.9. The molecule has 29 heavy (non-hydrogen) atoms. The molecule has 0 radical (unpaired) electrons. The lowest BCUT2D eigenvalue weighted by atomic mass is 9.96. The van der Waals surface area contributed by atoms with E-state index in [9.17, 15) is 4.79 Å². The monoisotopic (exact) mass is 385 g/mol. The van der Waals surface area contributed by atoms with Crippen LogP contribution in [0.15, 0.2) is 60.9 Å². The predicted octanol–water partition coefficient (Wildman–Crippen LogP) is 3.69. The Kier molecular flexibility index (Phi) is 4.20. The number of carbonyl (C=O) groups is 1. The molecule has 0 unspecified atom stereocenters. The van der Waals surface area contributed by atoms with Gasteiger partial charge in [-0.05, 0) is 31.2 Å². The molecule has 7 heteroatoms. The maximum Gasteiger partial charge on any atom is 0.289 e. The molecule has 2 aromatic heterocycles. The lowest BCUT2D eigenvalue weighted by Gasteiger charge is -2.38. The molecule has 3 heterocycles. The molecule has 7 nitrogen and oxygen atoms in total. The van der Waals surface area contributed by atoms with Crippen LogP contribution in [-0.4, -0.2) is 43.8 Å². The van der Waals surface area contributed by atoms with Gasteiger partial charge in [0.1, 0.15) is 11.4 Å². The van der Waals surface area contributed by atoms with Crippen molar-refractivity contribution in [3.63, 3.8) is 0 Å². The Bertz CT molecular complexity index is 1150. The molecule has 4 aromatic rings. The van der Waals surface area contributed by atoms with Gasteiger partial charge in [0.2, 0.25) is 5.88 Å². The summed E-state index contributed by atoms with van der Waals surface area (Å²) >= 11 is 0. The first kappa shape index (κ1) is 17.4. The molecule has 0 bridgehead atoms. The fraction of sp³-hybridized carbons (Fsp3) is 0.182. The second-order valence-electron chi connectivity index (χ2n) is 7.17. The molecule has 1 aliphatic rings. The first-order valence-corrected chi connectivity index (χ1v) is 9.47. The smallest absolute Gasteiger partial charge is 0.289 e. The largest absolute Gasteiger partial charge is 0.437 e. The zero-order valence-electron chi connectivity index (χ0n) is 15.9. The number of amides is 1. The number of hydrogen-bond acceptors (Lipinski definition) is 5. The number of para-hydroxylation sites is 2. The SMILES string of the molecule is Cc1ccc(Oc2nccnc2C2CN(C(=O)c3nc4ccccc4[nH]3)C2)cc1. The van der Waals surface area contributed by atoms with E-state index in [-0.39, 0.29) is 11.8 Å². The second-order valence-corrected chi connectivity index (χ2v) is 7.17. The molecule has 2 aromatic carbocycles. The number of imidazole rings is 1. The van der Waals surface area contributed by atoms with Crippen LogP contribution in [0.4, 0.5) is 0 Å². The molecular weight excluding hydrogens is 366 g/mol. The molecule has 5 rings (SSSR count). The van der Waals surface area contributed by atoms with Crippen molar-refractivity contribution in [2.45, 2.75) is 12.8 Å². The molecular formula is C22H19N5O2. The molecule has 1 saturated heterocycles. The van der Waals surface area contributed by atoms with E-state index < -0.39 is 0 Å². The van der Waals surface area contributed by atoms with E-state index in [4.69, 9.17) is 4.74 Å². The summed E-state index contributed by atoms with van der Waals surface area (Å²) in [6, 6.07) is 15.4. The van der Waals surface area contributed by atoms with E-state index >= 15 is 0 Å². The van der Waals surface area contributed by atoms with E-state index in [1.165, 1.54) is 0 Å². The van der Waals surface area contributed by atoms with Crippen molar-refractivity contribution in [3.05, 3.63) is 78.0 Å². The van der Waals surface area contributed by atoms with Crippen LogP contribution in [0.3, 0.4) is 0 Å². The van der Waals surface area contributed by atoms with Crippen molar-refractivity contribution < 1.29 is 9.53 Å². The molecule has 1 aliphatic heterocycles. The van der Waals surface area contributed by atoms with Crippen molar-refractivity contribution >= 4 is 16.9 Å². The molecule has 1 N–H and O–H groups in total. The lowest BCUT2D eigenvalue weighted by Crippen LogP contribution is -2.49. The summed E-state index contributed by atoms with van der Waals surface area (Å²) in [4.78, 5) is 30.8. The van der Waals surface area contributed by atoms with Crippen molar-refractivity contribution in [1.29, 1.82) is 0 Å². The summed E-state index contributed by atoms with van der Waals surface area (Å²) in [5.41, 5.74) is 3.57. The Morgan fingerprint density at radius 3 is 2.62 bits per heavy atom. The van der Waals surface area contributed by atoms with Gasteiger partial charge in [-0.2, -0.15) is 0 Å². The van der Waals surface area contributed by atoms with Gasteiger partial charge >= 0.3 is 0 Å². The Morgan fingerprint density at radius 2 is 1.83 bits per heavy atom. The molecule has 0 spiro atoms. The van der Waals surface area contributed by atoms with Gasteiger partial charge in [0.25, 0.3) is 5.91 Å². The standard InChI is InChI=1S/C22H19N5O2/c1-14-6-8-16(9-7-14)29-21-19(23-10-11-24-21)15-12-27(13-15)22(28)20-25-17-4-2-3-5-18(17)26-20/h2-11,15H,12-13H2,1H3,(H,25,26). The van der Waals surface area contributed by atoms with E-state index in [2.05, 4.69) is 19.9 Å². The summed E-state index contributed by atoms with van der Waals surface area (Å²) in [6.45, 7) is 3.14. The Labute approximate surface area is 167 Å². The number of nitrogens with one attached hydrogen (secondary N) is 1. The van der Waals surface area contributed by atoms with Crippen LogP contribution in [-0.2, 0) is 0 Å². The van der Waals surface area contributed by atoms with Crippen LogP contribution < -0.4 is 4.74 Å². The normalized spacial score (nSPS) is 14.0. The quantitative estimate of drug-likeness (QED) is 0.579. The van der Waals surface area contributed by atoms with E-state index in [0.717, 1.165) is 22.3 Å². The average Bonchev–Trinajstić information content (AvgIpc) is 3.14. The van der Waals surface area contributed by atoms with Crippen molar-refractivity contribution in [3.8, 4) is 11.6 Å². The predicted molar refractivity (Wildman–Crippen MR) is 108 cm³/mol. The van der Waals surface area contributed by atoms with Gasteiger partial charge in [-0.15, -0.1) is 0 Å². The van der Waals surface area contributed by atoms with Gasteiger partial charge in [0, 0.05) is 31.4 Å². The highest BCUT2D eigenvalue weighted by atomic mass is 16.5. The third kappa shape index (κ3) is 3.31. The lowest BCUT2D eigenvalue weighted by molar-refractivity contribution is 0.0584. The topological polar surface area (TPSA) is 84.0 Å². The number of aromatic nitrogens is 4. The van der Waals surface area contributed by atoms with Crippen LogP contribution in [0.25, 0.3) is 11.0 Å². The second kappa shape index (κ2) is 7.01. The van der Waals surface area contributed by atoms with Gasteiger partial charge in [0.05, 0.1) is 11.0 Å². The average molecular weight is 385 g/mol. The number of H-pyrrole nitrogens is 1. The number of hydrogen-bond donors (Lipinski definition) is 1. The highest BCUT2D eigenvalue weighted by Gasteiger charge is 2.36. The number of aryl methyl sites for hydroxylation is 1. The van der Waals surface area contributed by atoms with E-state index in [0.29, 0.717) is 30.5 Å². The third-order valence-electron chi connectivity index (χ3n) is 5.07. The fourth-order valence-corrected chi connectivity index (χ4v) is 3.43. The number of fused-ring (bicyclic) bond motifs is 1. The fourth-order valence-electron chi connectivity index (χ4n) is 3.43. The number of rotatable bonds is 4. The van der Waals surface area contributed by atoms with E-state index in [1.807, 2.05) is 55.5 Å².